The summed E-state index contributed by atoms with van der Waals surface area (Å²) in [4.78, 5) is 0. The van der Waals surface area contributed by atoms with Crippen molar-refractivity contribution in [3.8, 4) is 0 Å². The molecule has 2 aromatic rings. The quantitative estimate of drug-likeness (QED) is 0.803. The summed E-state index contributed by atoms with van der Waals surface area (Å²) in [5, 5.41) is 2.57. The summed E-state index contributed by atoms with van der Waals surface area (Å²) in [6.07, 6.45) is 5.51. The molecule has 1 fully saturated rings. The molecule has 1 saturated heterocycles. The smallest absolute Gasteiger partial charge is 0.157 e. The summed E-state index contributed by atoms with van der Waals surface area (Å²) in [7, 11) is 0. The molecule has 1 heterocycles. The van der Waals surface area contributed by atoms with E-state index in [4.69, 9.17) is 9.47 Å². The molecule has 2 heteroatoms. The van der Waals surface area contributed by atoms with Crippen LogP contribution in [0.4, 0.5) is 0 Å². The third-order valence-corrected chi connectivity index (χ3v) is 4.02. The van der Waals surface area contributed by atoms with Crippen molar-refractivity contribution in [1.82, 2.24) is 0 Å². The normalized spacial score (nSPS) is 19.9. The summed E-state index contributed by atoms with van der Waals surface area (Å²) in [5.74, 6) is 0. The van der Waals surface area contributed by atoms with Gasteiger partial charge < -0.3 is 9.47 Å². The average Bonchev–Trinajstić information content (AvgIpc) is 2.55. The van der Waals surface area contributed by atoms with E-state index in [-0.39, 0.29) is 6.29 Å². The third-order valence-electron chi connectivity index (χ3n) is 4.02. The first-order valence-corrected chi connectivity index (χ1v) is 7.73. The molecule has 3 rings (SSSR count). The molecule has 1 atom stereocenters. The van der Waals surface area contributed by atoms with Crippen LogP contribution in [0.2, 0.25) is 0 Å². The van der Waals surface area contributed by atoms with Crippen LogP contribution in [0.1, 0.15) is 31.7 Å². The summed E-state index contributed by atoms with van der Waals surface area (Å²) in [5.41, 5.74) is 2.53. The Hall–Kier alpha value is -1.64. The largest absolute Gasteiger partial charge is 0.353 e. The number of rotatable bonds is 4. The average molecular weight is 282 g/mol. The summed E-state index contributed by atoms with van der Waals surface area (Å²) in [6.45, 7) is 3.59. The van der Waals surface area contributed by atoms with Crippen molar-refractivity contribution in [3.05, 3.63) is 54.1 Å². The molecule has 1 aliphatic heterocycles. The SMILES string of the molecule is C/C(=C/COC1CCCCO1)c1cccc2ccccc12. The highest BCUT2D eigenvalue weighted by Gasteiger charge is 2.13. The monoisotopic (exact) mass is 282 g/mol. The summed E-state index contributed by atoms with van der Waals surface area (Å²) >= 11 is 0. The van der Waals surface area contributed by atoms with Crippen LogP contribution >= 0.6 is 0 Å². The molecule has 2 nitrogen and oxygen atoms in total. The fourth-order valence-electron chi connectivity index (χ4n) is 2.80. The zero-order valence-electron chi connectivity index (χ0n) is 12.5. The van der Waals surface area contributed by atoms with Gasteiger partial charge in [0.25, 0.3) is 0 Å². The molecule has 0 N–H and O–H groups in total. The maximum absolute atomic E-state index is 5.79. The second kappa shape index (κ2) is 6.88. The Bertz CT molecular complexity index is 619. The van der Waals surface area contributed by atoms with Crippen LogP contribution in [-0.2, 0) is 9.47 Å². The minimum atomic E-state index is -0.0182. The molecule has 0 spiro atoms. The molecule has 1 aliphatic rings. The number of hydrogen-bond donors (Lipinski definition) is 0. The lowest BCUT2D eigenvalue weighted by atomic mass is 9.99. The number of allylic oxidation sites excluding steroid dienone is 1. The van der Waals surface area contributed by atoms with E-state index in [0.29, 0.717) is 6.61 Å². The summed E-state index contributed by atoms with van der Waals surface area (Å²) in [6, 6.07) is 14.9. The zero-order valence-corrected chi connectivity index (χ0v) is 12.5. The van der Waals surface area contributed by atoms with Crippen LogP contribution in [0.3, 0.4) is 0 Å². The van der Waals surface area contributed by atoms with Crippen LogP contribution in [-0.4, -0.2) is 19.5 Å². The zero-order chi connectivity index (χ0) is 14.5. The van der Waals surface area contributed by atoms with E-state index < -0.39 is 0 Å². The molecule has 110 valence electrons. The van der Waals surface area contributed by atoms with Crippen LogP contribution < -0.4 is 0 Å². The van der Waals surface area contributed by atoms with Gasteiger partial charge in [0.1, 0.15) is 0 Å². The molecule has 0 aliphatic carbocycles. The predicted molar refractivity (Wildman–Crippen MR) is 87.1 cm³/mol. The van der Waals surface area contributed by atoms with Gasteiger partial charge in [-0.3, -0.25) is 0 Å². The van der Waals surface area contributed by atoms with Crippen molar-refractivity contribution in [2.75, 3.05) is 13.2 Å². The highest BCUT2D eigenvalue weighted by atomic mass is 16.7. The Morgan fingerprint density at radius 1 is 1.19 bits per heavy atom. The van der Waals surface area contributed by atoms with E-state index in [9.17, 15) is 0 Å². The molecule has 0 saturated carbocycles. The maximum Gasteiger partial charge on any atom is 0.157 e. The van der Waals surface area contributed by atoms with E-state index in [2.05, 4.69) is 55.5 Å². The van der Waals surface area contributed by atoms with Gasteiger partial charge in [0.2, 0.25) is 0 Å². The van der Waals surface area contributed by atoms with Gasteiger partial charge in [0, 0.05) is 6.61 Å². The predicted octanol–water partition coefficient (Wildman–Crippen LogP) is 4.79. The molecule has 1 unspecified atom stereocenters. The van der Waals surface area contributed by atoms with E-state index >= 15 is 0 Å². The van der Waals surface area contributed by atoms with Gasteiger partial charge in [-0.2, -0.15) is 0 Å². The molecular weight excluding hydrogens is 260 g/mol. The van der Waals surface area contributed by atoms with E-state index in [1.165, 1.54) is 28.3 Å². The van der Waals surface area contributed by atoms with Crippen LogP contribution in [0.5, 0.6) is 0 Å². The molecule has 2 aromatic carbocycles. The highest BCUT2D eigenvalue weighted by molar-refractivity contribution is 5.93. The van der Waals surface area contributed by atoms with Crippen LogP contribution in [0, 0.1) is 0 Å². The van der Waals surface area contributed by atoms with E-state index in [0.717, 1.165) is 19.4 Å². The fraction of sp³-hybridized carbons (Fsp3) is 0.368. The molecule has 0 radical (unpaired) electrons. The Morgan fingerprint density at radius 2 is 2.05 bits per heavy atom. The van der Waals surface area contributed by atoms with Gasteiger partial charge in [-0.15, -0.1) is 0 Å². The van der Waals surface area contributed by atoms with Crippen molar-refractivity contribution in [3.63, 3.8) is 0 Å². The van der Waals surface area contributed by atoms with Crippen LogP contribution in [0.25, 0.3) is 16.3 Å². The minimum absolute atomic E-state index is 0.0182. The lowest BCUT2D eigenvalue weighted by molar-refractivity contribution is -0.155. The first kappa shape index (κ1) is 14.3. The second-order valence-electron chi connectivity index (χ2n) is 5.54. The number of hydrogen-bond acceptors (Lipinski definition) is 2. The Kier molecular flexibility index (Phi) is 4.69. The lowest BCUT2D eigenvalue weighted by Gasteiger charge is -2.22. The molecule has 0 aromatic heterocycles. The molecule has 21 heavy (non-hydrogen) atoms. The van der Waals surface area contributed by atoms with Gasteiger partial charge in [-0.05, 0) is 48.1 Å². The first-order valence-electron chi connectivity index (χ1n) is 7.73. The minimum Gasteiger partial charge on any atom is -0.353 e. The molecule has 0 amide bonds. The number of ether oxygens (including phenoxy) is 2. The Labute approximate surface area is 126 Å². The third kappa shape index (κ3) is 3.52. The number of benzene rings is 2. The van der Waals surface area contributed by atoms with Crippen molar-refractivity contribution in [2.24, 2.45) is 0 Å². The van der Waals surface area contributed by atoms with Gasteiger partial charge in [0.15, 0.2) is 6.29 Å². The Balaban J connectivity index is 1.70. The Morgan fingerprint density at radius 3 is 2.90 bits per heavy atom. The van der Waals surface area contributed by atoms with E-state index in [1.54, 1.807) is 0 Å². The van der Waals surface area contributed by atoms with Gasteiger partial charge in [0.05, 0.1) is 6.61 Å². The van der Waals surface area contributed by atoms with Gasteiger partial charge >= 0.3 is 0 Å². The lowest BCUT2D eigenvalue weighted by Crippen LogP contribution is -2.22. The maximum atomic E-state index is 5.79. The topological polar surface area (TPSA) is 18.5 Å². The molecular formula is C19H22O2. The van der Waals surface area contributed by atoms with E-state index in [1.807, 2.05) is 0 Å². The molecule has 0 bridgehead atoms. The highest BCUT2D eigenvalue weighted by Crippen LogP contribution is 2.24. The van der Waals surface area contributed by atoms with Crippen LogP contribution in [0.15, 0.2) is 48.5 Å². The second-order valence-corrected chi connectivity index (χ2v) is 5.54. The fourth-order valence-corrected chi connectivity index (χ4v) is 2.80. The summed E-state index contributed by atoms with van der Waals surface area (Å²) < 4.78 is 11.4. The van der Waals surface area contributed by atoms with Crippen molar-refractivity contribution < 1.29 is 9.47 Å². The van der Waals surface area contributed by atoms with Gasteiger partial charge in [-0.25, -0.2) is 0 Å². The van der Waals surface area contributed by atoms with Gasteiger partial charge in [-0.1, -0.05) is 48.5 Å². The van der Waals surface area contributed by atoms with Crippen molar-refractivity contribution in [2.45, 2.75) is 32.5 Å². The number of fused-ring (bicyclic) bond motifs is 1. The van der Waals surface area contributed by atoms with Crippen molar-refractivity contribution in [1.29, 1.82) is 0 Å². The van der Waals surface area contributed by atoms with Crippen molar-refractivity contribution >= 4 is 16.3 Å². The standard InChI is InChI=1S/C19H22O2/c1-15(12-14-21-19-11-4-5-13-20-19)17-10-6-8-16-7-2-3-9-18(16)17/h2-3,6-10,12,19H,4-5,11,13-14H2,1H3/b15-12-. The first-order chi connectivity index (χ1) is 10.3.